The second kappa shape index (κ2) is 8.62. The van der Waals surface area contributed by atoms with Gasteiger partial charge in [-0.15, -0.1) is 12.4 Å². The third-order valence-electron chi connectivity index (χ3n) is 5.19. The summed E-state index contributed by atoms with van der Waals surface area (Å²) in [6.45, 7) is 5.14. The average molecular weight is 373 g/mol. The molecule has 0 spiro atoms. The van der Waals surface area contributed by atoms with Crippen LogP contribution in [0, 0.1) is 0 Å². The largest absolute Gasteiger partial charge is 0.339 e. The van der Waals surface area contributed by atoms with Gasteiger partial charge in [0.2, 0.25) is 5.91 Å². The summed E-state index contributed by atoms with van der Waals surface area (Å²) in [4.78, 5) is 21.4. The van der Waals surface area contributed by atoms with Gasteiger partial charge in [-0.25, -0.2) is 0 Å². The fourth-order valence-corrected chi connectivity index (χ4v) is 3.73. The number of hydrogen-bond acceptors (Lipinski definition) is 4. The first-order valence-electron chi connectivity index (χ1n) is 9.00. The predicted molar refractivity (Wildman–Crippen MR) is 104 cm³/mol. The van der Waals surface area contributed by atoms with Gasteiger partial charge < -0.3 is 10.2 Å². The number of nitrogens with zero attached hydrogens (tertiary/aromatic N) is 3. The second-order valence-corrected chi connectivity index (χ2v) is 6.87. The summed E-state index contributed by atoms with van der Waals surface area (Å²) in [5, 5.41) is 3.41. The van der Waals surface area contributed by atoms with Crippen LogP contribution in [0.1, 0.15) is 16.7 Å². The Hall–Kier alpha value is -1.95. The fourth-order valence-electron chi connectivity index (χ4n) is 3.73. The van der Waals surface area contributed by atoms with Gasteiger partial charge in [0.1, 0.15) is 0 Å². The molecule has 0 radical (unpaired) electrons. The maximum Gasteiger partial charge on any atom is 0.240 e. The Bertz CT molecular complexity index is 732. The smallest absolute Gasteiger partial charge is 0.240 e. The van der Waals surface area contributed by atoms with Crippen LogP contribution in [-0.2, 0) is 24.3 Å². The van der Waals surface area contributed by atoms with Gasteiger partial charge in [0.05, 0.1) is 6.04 Å². The Morgan fingerprint density at radius 2 is 1.85 bits per heavy atom. The molecule has 1 aromatic carbocycles. The molecule has 2 aliphatic heterocycles. The van der Waals surface area contributed by atoms with E-state index in [1.165, 1.54) is 16.7 Å². The van der Waals surface area contributed by atoms with Crippen molar-refractivity contribution in [2.75, 3.05) is 26.2 Å². The minimum Gasteiger partial charge on any atom is -0.339 e. The molecule has 1 N–H and O–H groups in total. The average Bonchev–Trinajstić information content (AvgIpc) is 2.68. The molecule has 0 bridgehead atoms. The number of pyridine rings is 1. The molecule has 3 heterocycles. The number of carbonyl (C=O) groups is 1. The molecular weight excluding hydrogens is 348 g/mol. The van der Waals surface area contributed by atoms with Crippen molar-refractivity contribution in [3.05, 3.63) is 65.5 Å². The van der Waals surface area contributed by atoms with Crippen molar-refractivity contribution in [2.24, 2.45) is 0 Å². The van der Waals surface area contributed by atoms with E-state index >= 15 is 0 Å². The van der Waals surface area contributed by atoms with E-state index in [1.54, 1.807) is 6.20 Å². The lowest BCUT2D eigenvalue weighted by Gasteiger charge is -2.37. The lowest BCUT2D eigenvalue weighted by atomic mass is 9.95. The van der Waals surface area contributed by atoms with Gasteiger partial charge in [0, 0.05) is 51.7 Å². The van der Waals surface area contributed by atoms with E-state index in [9.17, 15) is 4.79 Å². The topological polar surface area (TPSA) is 48.5 Å². The van der Waals surface area contributed by atoms with Gasteiger partial charge in [0.25, 0.3) is 0 Å². The Labute approximate surface area is 160 Å². The van der Waals surface area contributed by atoms with Crippen molar-refractivity contribution in [3.63, 3.8) is 0 Å². The molecule has 1 amide bonds. The number of carbonyl (C=O) groups excluding carboxylic acids is 1. The van der Waals surface area contributed by atoms with Crippen LogP contribution in [0.25, 0.3) is 0 Å². The number of aromatic nitrogens is 1. The Kier molecular flexibility index (Phi) is 6.25. The monoisotopic (exact) mass is 372 g/mol. The van der Waals surface area contributed by atoms with Crippen molar-refractivity contribution in [3.8, 4) is 0 Å². The fraction of sp³-hybridized carbons (Fsp3) is 0.400. The number of rotatable bonds is 3. The first kappa shape index (κ1) is 18.8. The van der Waals surface area contributed by atoms with Crippen LogP contribution in [0.3, 0.4) is 0 Å². The normalized spacial score (nSPS) is 20.2. The summed E-state index contributed by atoms with van der Waals surface area (Å²) in [5.74, 6) is 0.246. The first-order valence-corrected chi connectivity index (χ1v) is 9.00. The van der Waals surface area contributed by atoms with Crippen LogP contribution in [0.2, 0.25) is 0 Å². The maximum atomic E-state index is 12.9. The molecule has 6 heteroatoms. The summed E-state index contributed by atoms with van der Waals surface area (Å²) < 4.78 is 0. The minimum absolute atomic E-state index is 0. The highest BCUT2D eigenvalue weighted by Gasteiger charge is 2.29. The highest BCUT2D eigenvalue weighted by Crippen LogP contribution is 2.18. The lowest BCUT2D eigenvalue weighted by Crippen LogP contribution is -2.55. The molecule has 1 saturated heterocycles. The van der Waals surface area contributed by atoms with Crippen LogP contribution < -0.4 is 5.32 Å². The van der Waals surface area contributed by atoms with Crippen molar-refractivity contribution >= 4 is 18.3 Å². The van der Waals surface area contributed by atoms with Crippen LogP contribution in [-0.4, -0.2) is 52.9 Å². The van der Waals surface area contributed by atoms with Gasteiger partial charge in [-0.3, -0.25) is 14.7 Å². The molecule has 26 heavy (non-hydrogen) atoms. The molecule has 0 saturated carbocycles. The van der Waals surface area contributed by atoms with Gasteiger partial charge in [-0.05, 0) is 29.2 Å². The first-order chi connectivity index (χ1) is 12.3. The van der Waals surface area contributed by atoms with E-state index in [0.29, 0.717) is 0 Å². The second-order valence-electron chi connectivity index (χ2n) is 6.87. The Balaban J connectivity index is 0.00000196. The minimum atomic E-state index is -0.0835. The molecule has 0 aliphatic carbocycles. The van der Waals surface area contributed by atoms with E-state index in [1.807, 2.05) is 17.2 Å². The number of fused-ring (bicyclic) bond motifs is 1. The number of benzene rings is 1. The highest BCUT2D eigenvalue weighted by molar-refractivity contribution is 5.85. The number of halogens is 1. The molecular formula is C20H25ClN4O. The maximum absolute atomic E-state index is 12.9. The summed E-state index contributed by atoms with van der Waals surface area (Å²) in [7, 11) is 0. The lowest BCUT2D eigenvalue weighted by molar-refractivity contribution is -0.135. The third-order valence-corrected chi connectivity index (χ3v) is 5.19. The highest BCUT2D eigenvalue weighted by atomic mass is 35.5. The van der Waals surface area contributed by atoms with Gasteiger partial charge in [0.15, 0.2) is 0 Å². The standard InChI is InChI=1S/C20H24N4O.ClH/c25-20(19-12-17-5-1-2-6-18(17)14-22-19)24-10-8-23(9-11-24)15-16-4-3-7-21-13-16;/h1-7,13,19,22H,8-12,14-15H2;1H. The zero-order chi connectivity index (χ0) is 17.1. The van der Waals surface area contributed by atoms with Gasteiger partial charge in [-0.1, -0.05) is 30.3 Å². The van der Waals surface area contributed by atoms with E-state index in [0.717, 1.165) is 45.7 Å². The quantitative estimate of drug-likeness (QED) is 0.893. The molecule has 4 rings (SSSR count). The molecule has 5 nitrogen and oxygen atoms in total. The zero-order valence-corrected chi connectivity index (χ0v) is 15.6. The van der Waals surface area contributed by atoms with Crippen molar-refractivity contribution < 1.29 is 4.79 Å². The Morgan fingerprint density at radius 1 is 1.08 bits per heavy atom. The van der Waals surface area contributed by atoms with Crippen molar-refractivity contribution in [2.45, 2.75) is 25.6 Å². The molecule has 2 aromatic rings. The number of amides is 1. The summed E-state index contributed by atoms with van der Waals surface area (Å²) >= 11 is 0. The number of nitrogens with one attached hydrogen (secondary N) is 1. The molecule has 1 unspecified atom stereocenters. The number of hydrogen-bond donors (Lipinski definition) is 1. The summed E-state index contributed by atoms with van der Waals surface area (Å²) in [5.41, 5.74) is 3.84. The molecule has 1 aromatic heterocycles. The summed E-state index contributed by atoms with van der Waals surface area (Å²) in [6.07, 6.45) is 4.52. The molecule has 1 fully saturated rings. The van der Waals surface area contributed by atoms with Crippen LogP contribution in [0.15, 0.2) is 48.8 Å². The SMILES string of the molecule is Cl.O=C(C1Cc2ccccc2CN1)N1CCN(Cc2cccnc2)CC1. The molecule has 138 valence electrons. The van der Waals surface area contributed by atoms with E-state index in [-0.39, 0.29) is 24.4 Å². The Morgan fingerprint density at radius 3 is 2.58 bits per heavy atom. The van der Waals surface area contributed by atoms with Crippen LogP contribution in [0.5, 0.6) is 0 Å². The zero-order valence-electron chi connectivity index (χ0n) is 14.8. The molecule has 1 atom stereocenters. The van der Waals surface area contributed by atoms with Crippen molar-refractivity contribution in [1.82, 2.24) is 20.1 Å². The third kappa shape index (κ3) is 4.23. The van der Waals surface area contributed by atoms with E-state index < -0.39 is 0 Å². The number of piperazine rings is 1. The molecule has 2 aliphatic rings. The van der Waals surface area contributed by atoms with Gasteiger partial charge in [-0.2, -0.15) is 0 Å². The predicted octanol–water partition coefficient (Wildman–Crippen LogP) is 1.86. The van der Waals surface area contributed by atoms with Crippen LogP contribution >= 0.6 is 12.4 Å². The van der Waals surface area contributed by atoms with Crippen LogP contribution in [0.4, 0.5) is 0 Å². The van der Waals surface area contributed by atoms with Crippen molar-refractivity contribution in [1.29, 1.82) is 0 Å². The van der Waals surface area contributed by atoms with E-state index in [2.05, 4.69) is 45.5 Å². The summed E-state index contributed by atoms with van der Waals surface area (Å²) in [6, 6.07) is 12.4. The van der Waals surface area contributed by atoms with Gasteiger partial charge >= 0.3 is 0 Å². The van der Waals surface area contributed by atoms with E-state index in [4.69, 9.17) is 0 Å².